The molecule has 0 spiro atoms. The van der Waals surface area contributed by atoms with E-state index < -0.39 is 5.97 Å². The van der Waals surface area contributed by atoms with E-state index in [1.807, 2.05) is 0 Å². The number of aliphatic hydroxyl groups is 2. The van der Waals surface area contributed by atoms with Crippen molar-refractivity contribution in [2.75, 3.05) is 26.4 Å². The molecule has 0 amide bonds. The van der Waals surface area contributed by atoms with Crippen LogP contribution >= 0.6 is 0 Å². The lowest BCUT2D eigenvalue weighted by Crippen LogP contribution is -2.19. The average molecular weight is 366 g/mol. The van der Waals surface area contributed by atoms with Gasteiger partial charge >= 0.3 is 5.97 Å². The van der Waals surface area contributed by atoms with Gasteiger partial charge in [-0.15, -0.1) is 0 Å². The highest BCUT2D eigenvalue weighted by molar-refractivity contribution is 5.66. The molecular weight excluding hydrogens is 326 g/mol. The molecule has 0 fully saturated rings. The second kappa shape index (κ2) is 25.5. The standard InChI is InChI=1S/C14H28O2.C4H11NO4/c1-2-3-4-5-6-7-8-9-10-11-12-13-14(15)16;6-1-3-8-5-9-4-2-7/h2-13H2,1H3,(H,15,16);5-7H,1-4H2. The molecule has 4 N–H and O–H groups in total. The maximum absolute atomic E-state index is 10.3. The van der Waals surface area contributed by atoms with Gasteiger partial charge in [0, 0.05) is 6.42 Å². The molecule has 0 saturated heterocycles. The van der Waals surface area contributed by atoms with Gasteiger partial charge in [-0.25, -0.2) is 0 Å². The van der Waals surface area contributed by atoms with Gasteiger partial charge in [0.25, 0.3) is 0 Å². The maximum atomic E-state index is 10.3. The molecule has 0 aliphatic carbocycles. The highest BCUT2D eigenvalue weighted by Crippen LogP contribution is 2.11. The zero-order valence-electron chi connectivity index (χ0n) is 15.9. The van der Waals surface area contributed by atoms with Crippen molar-refractivity contribution >= 4 is 5.97 Å². The number of aliphatic hydroxyl groups excluding tert-OH is 2. The van der Waals surface area contributed by atoms with E-state index in [-0.39, 0.29) is 26.4 Å². The molecule has 0 rings (SSSR count). The van der Waals surface area contributed by atoms with Crippen molar-refractivity contribution in [1.29, 1.82) is 0 Å². The van der Waals surface area contributed by atoms with Gasteiger partial charge in [0.15, 0.2) is 0 Å². The van der Waals surface area contributed by atoms with E-state index in [4.69, 9.17) is 15.3 Å². The van der Waals surface area contributed by atoms with Gasteiger partial charge in [-0.05, 0) is 6.42 Å². The van der Waals surface area contributed by atoms with Crippen LogP contribution in [0.1, 0.15) is 84.0 Å². The van der Waals surface area contributed by atoms with Gasteiger partial charge in [-0.2, -0.15) is 0 Å². The molecule has 0 unspecified atom stereocenters. The highest BCUT2D eigenvalue weighted by atomic mass is 16.9. The number of carboxylic acids is 1. The van der Waals surface area contributed by atoms with Crippen LogP contribution < -0.4 is 5.64 Å². The third-order valence-corrected chi connectivity index (χ3v) is 3.50. The van der Waals surface area contributed by atoms with Gasteiger partial charge < -0.3 is 15.3 Å². The quantitative estimate of drug-likeness (QED) is 0.218. The fourth-order valence-electron chi connectivity index (χ4n) is 2.16. The highest BCUT2D eigenvalue weighted by Gasteiger charge is 1.96. The number of unbranched alkanes of at least 4 members (excludes halogenated alkanes) is 10. The SMILES string of the molecule is CCCCCCCCCCCCCC(=O)O.OCCONOCCO. The molecule has 0 saturated carbocycles. The fraction of sp³-hybridized carbons (Fsp3) is 0.944. The first-order valence-electron chi connectivity index (χ1n) is 9.61. The van der Waals surface area contributed by atoms with Gasteiger partial charge in [-0.1, -0.05) is 76.8 Å². The predicted octanol–water partition coefficient (Wildman–Crippen LogP) is 3.20. The first-order valence-corrected chi connectivity index (χ1v) is 9.61. The Hall–Kier alpha value is -0.730. The number of nitrogens with one attached hydrogen (secondary N) is 1. The number of hydrogen-bond acceptors (Lipinski definition) is 6. The summed E-state index contributed by atoms with van der Waals surface area (Å²) in [5.41, 5.74) is 2.07. The van der Waals surface area contributed by atoms with Crippen LogP contribution in [-0.2, 0) is 14.5 Å². The molecule has 152 valence electrons. The van der Waals surface area contributed by atoms with Crippen LogP contribution in [0.25, 0.3) is 0 Å². The second-order valence-electron chi connectivity index (χ2n) is 5.91. The van der Waals surface area contributed by atoms with Gasteiger partial charge in [0.1, 0.15) is 0 Å². The summed E-state index contributed by atoms with van der Waals surface area (Å²) in [7, 11) is 0. The minimum Gasteiger partial charge on any atom is -0.481 e. The molecule has 7 nitrogen and oxygen atoms in total. The Kier molecular flexibility index (Phi) is 27.0. The summed E-state index contributed by atoms with van der Waals surface area (Å²) >= 11 is 0. The summed E-state index contributed by atoms with van der Waals surface area (Å²) in [5.74, 6) is -0.657. The van der Waals surface area contributed by atoms with E-state index in [1.54, 1.807) is 0 Å². The van der Waals surface area contributed by atoms with E-state index in [2.05, 4.69) is 22.2 Å². The van der Waals surface area contributed by atoms with Crippen LogP contribution in [0.4, 0.5) is 0 Å². The molecule has 0 aliphatic rings. The van der Waals surface area contributed by atoms with Crippen LogP contribution in [0, 0.1) is 0 Å². The number of carbonyl (C=O) groups is 1. The normalized spacial score (nSPS) is 10.4. The van der Waals surface area contributed by atoms with Crippen LogP contribution in [0.2, 0.25) is 0 Å². The monoisotopic (exact) mass is 365 g/mol. The van der Waals surface area contributed by atoms with E-state index in [0.29, 0.717) is 6.42 Å². The minimum absolute atomic E-state index is 0.0600. The van der Waals surface area contributed by atoms with Crippen LogP contribution in [0.5, 0.6) is 0 Å². The summed E-state index contributed by atoms with van der Waals surface area (Å²) in [6.45, 7) is 2.47. The maximum Gasteiger partial charge on any atom is 0.303 e. The van der Waals surface area contributed by atoms with Crippen molar-refractivity contribution in [2.24, 2.45) is 0 Å². The summed E-state index contributed by atoms with van der Waals surface area (Å²) in [5, 5.41) is 24.8. The number of hydrogen-bond donors (Lipinski definition) is 4. The minimum atomic E-state index is -0.657. The van der Waals surface area contributed by atoms with Crippen molar-refractivity contribution in [1.82, 2.24) is 5.64 Å². The zero-order valence-corrected chi connectivity index (χ0v) is 15.9. The molecule has 0 atom stereocenters. The van der Waals surface area contributed by atoms with Gasteiger partial charge in [0.2, 0.25) is 0 Å². The van der Waals surface area contributed by atoms with Crippen molar-refractivity contribution in [3.63, 3.8) is 0 Å². The van der Waals surface area contributed by atoms with Crippen molar-refractivity contribution < 1.29 is 29.8 Å². The molecular formula is C18H39NO6. The smallest absolute Gasteiger partial charge is 0.303 e. The van der Waals surface area contributed by atoms with Crippen molar-refractivity contribution in [3.05, 3.63) is 0 Å². The third-order valence-electron chi connectivity index (χ3n) is 3.50. The van der Waals surface area contributed by atoms with E-state index in [0.717, 1.165) is 12.8 Å². The molecule has 0 aromatic carbocycles. The summed E-state index contributed by atoms with van der Waals surface area (Å²) in [6.07, 6.45) is 14.4. The van der Waals surface area contributed by atoms with E-state index in [1.165, 1.54) is 57.8 Å². The Morgan fingerprint density at radius 1 is 0.760 bits per heavy atom. The molecule has 0 aliphatic heterocycles. The molecule has 0 bridgehead atoms. The summed E-state index contributed by atoms with van der Waals surface area (Å²) < 4.78 is 0. The average Bonchev–Trinajstić information content (AvgIpc) is 2.60. The lowest BCUT2D eigenvalue weighted by atomic mass is 10.1. The van der Waals surface area contributed by atoms with Crippen LogP contribution in [0.15, 0.2) is 0 Å². The largest absolute Gasteiger partial charge is 0.481 e. The van der Waals surface area contributed by atoms with Gasteiger partial charge in [-0.3, -0.25) is 14.5 Å². The lowest BCUT2D eigenvalue weighted by Gasteiger charge is -2.01. The Labute approximate surface area is 152 Å². The van der Waals surface area contributed by atoms with Crippen molar-refractivity contribution in [3.8, 4) is 0 Å². The Morgan fingerprint density at radius 2 is 1.16 bits per heavy atom. The zero-order chi connectivity index (χ0) is 19.0. The Morgan fingerprint density at radius 3 is 1.52 bits per heavy atom. The van der Waals surface area contributed by atoms with Gasteiger partial charge in [0.05, 0.1) is 26.4 Å². The second-order valence-corrected chi connectivity index (χ2v) is 5.91. The third kappa shape index (κ3) is 31.5. The van der Waals surface area contributed by atoms with Crippen molar-refractivity contribution in [2.45, 2.75) is 84.0 Å². The topological polar surface area (TPSA) is 108 Å². The number of rotatable bonds is 18. The first kappa shape index (κ1) is 26.5. The van der Waals surface area contributed by atoms with Crippen LogP contribution in [-0.4, -0.2) is 47.7 Å². The van der Waals surface area contributed by atoms with E-state index in [9.17, 15) is 4.79 Å². The summed E-state index contributed by atoms with van der Waals surface area (Å²) in [4.78, 5) is 19.2. The molecule has 0 aromatic rings. The lowest BCUT2D eigenvalue weighted by molar-refractivity contribution is -0.178. The summed E-state index contributed by atoms with van der Waals surface area (Å²) in [6, 6.07) is 0. The first-order chi connectivity index (χ1) is 12.2. The number of carboxylic acid groups (broad SMARTS) is 1. The Balaban J connectivity index is 0. The van der Waals surface area contributed by atoms with E-state index >= 15 is 0 Å². The van der Waals surface area contributed by atoms with Crippen LogP contribution in [0.3, 0.4) is 0 Å². The predicted molar refractivity (Wildman–Crippen MR) is 97.9 cm³/mol. The molecule has 7 heteroatoms. The Bertz CT molecular complexity index is 248. The molecule has 0 radical (unpaired) electrons. The molecule has 25 heavy (non-hydrogen) atoms. The number of aliphatic carboxylic acids is 1. The fourth-order valence-corrected chi connectivity index (χ4v) is 2.16. The molecule has 0 aromatic heterocycles. The molecule has 0 heterocycles.